The Morgan fingerprint density at radius 1 is 1.43 bits per heavy atom. The van der Waals surface area contributed by atoms with E-state index in [0.29, 0.717) is 5.92 Å². The molecule has 78 valence electrons. The van der Waals surface area contributed by atoms with Crippen LogP contribution in [0.25, 0.3) is 0 Å². The first kappa shape index (κ1) is 11.3. The van der Waals surface area contributed by atoms with Gasteiger partial charge in [-0.15, -0.1) is 5.16 Å². The van der Waals surface area contributed by atoms with Gasteiger partial charge in [-0.2, -0.15) is 5.26 Å². The SMILES string of the molecule is C[Si](C)(C)O/N=C/C1CCCC1C#N. The Hall–Kier alpha value is -0.823. The Morgan fingerprint density at radius 2 is 2.14 bits per heavy atom. The summed E-state index contributed by atoms with van der Waals surface area (Å²) < 4.78 is 5.38. The lowest BCUT2D eigenvalue weighted by Gasteiger charge is -2.13. The maximum Gasteiger partial charge on any atom is 0.278 e. The number of rotatable bonds is 3. The van der Waals surface area contributed by atoms with E-state index in [1.165, 1.54) is 0 Å². The van der Waals surface area contributed by atoms with Crippen molar-refractivity contribution in [1.29, 1.82) is 5.26 Å². The third-order valence-electron chi connectivity index (χ3n) is 2.31. The molecule has 1 saturated carbocycles. The van der Waals surface area contributed by atoms with Gasteiger partial charge in [0, 0.05) is 12.1 Å². The van der Waals surface area contributed by atoms with Gasteiger partial charge in [-0.05, 0) is 32.5 Å². The fourth-order valence-electron chi connectivity index (χ4n) is 1.59. The first-order valence-corrected chi connectivity index (χ1v) is 8.55. The predicted molar refractivity (Wildman–Crippen MR) is 59.4 cm³/mol. The Kier molecular flexibility index (Phi) is 3.70. The van der Waals surface area contributed by atoms with Crippen molar-refractivity contribution in [2.45, 2.75) is 38.9 Å². The molecule has 0 heterocycles. The van der Waals surface area contributed by atoms with Gasteiger partial charge >= 0.3 is 0 Å². The number of nitrogens with zero attached hydrogens (tertiary/aromatic N) is 2. The molecule has 1 rings (SSSR count). The van der Waals surface area contributed by atoms with Gasteiger partial charge in [-0.1, -0.05) is 6.42 Å². The monoisotopic (exact) mass is 210 g/mol. The van der Waals surface area contributed by atoms with E-state index in [0.717, 1.165) is 19.3 Å². The average molecular weight is 210 g/mol. The van der Waals surface area contributed by atoms with Gasteiger partial charge in [0.05, 0.1) is 12.0 Å². The molecule has 0 aromatic heterocycles. The maximum atomic E-state index is 8.85. The van der Waals surface area contributed by atoms with Crippen molar-refractivity contribution in [3.63, 3.8) is 0 Å². The van der Waals surface area contributed by atoms with Crippen molar-refractivity contribution in [3.05, 3.63) is 0 Å². The molecule has 14 heavy (non-hydrogen) atoms. The first-order chi connectivity index (χ1) is 6.53. The summed E-state index contributed by atoms with van der Waals surface area (Å²) in [7, 11) is -1.54. The maximum absolute atomic E-state index is 8.85. The lowest BCUT2D eigenvalue weighted by Crippen LogP contribution is -2.22. The number of nitriles is 1. The highest BCUT2D eigenvalue weighted by Gasteiger charge is 2.26. The van der Waals surface area contributed by atoms with Crippen molar-refractivity contribution in [1.82, 2.24) is 0 Å². The summed E-state index contributed by atoms with van der Waals surface area (Å²) in [5.41, 5.74) is 0. The van der Waals surface area contributed by atoms with Gasteiger partial charge in [0.25, 0.3) is 8.32 Å². The first-order valence-electron chi connectivity index (χ1n) is 5.14. The highest BCUT2D eigenvalue weighted by molar-refractivity contribution is 6.69. The molecule has 1 aliphatic rings. The molecule has 0 radical (unpaired) electrons. The van der Waals surface area contributed by atoms with E-state index in [1.54, 1.807) is 0 Å². The van der Waals surface area contributed by atoms with Gasteiger partial charge in [-0.3, -0.25) is 0 Å². The van der Waals surface area contributed by atoms with E-state index in [9.17, 15) is 0 Å². The van der Waals surface area contributed by atoms with Crippen LogP contribution in [0.4, 0.5) is 0 Å². The van der Waals surface area contributed by atoms with Crippen LogP contribution in [0.1, 0.15) is 19.3 Å². The summed E-state index contributed by atoms with van der Waals surface area (Å²) in [6.07, 6.45) is 5.07. The Morgan fingerprint density at radius 3 is 2.71 bits per heavy atom. The smallest absolute Gasteiger partial charge is 0.278 e. The minimum absolute atomic E-state index is 0.156. The molecule has 0 bridgehead atoms. The zero-order valence-electron chi connectivity index (χ0n) is 9.16. The molecule has 2 atom stereocenters. The van der Waals surface area contributed by atoms with E-state index >= 15 is 0 Å². The molecular formula is C10H18N2OSi. The molecule has 0 aromatic rings. The summed E-state index contributed by atoms with van der Waals surface area (Å²) in [6.45, 7) is 6.29. The second-order valence-corrected chi connectivity index (χ2v) is 9.20. The lowest BCUT2D eigenvalue weighted by molar-refractivity contribution is 0.333. The number of hydrogen-bond acceptors (Lipinski definition) is 3. The molecule has 0 spiro atoms. The Bertz CT molecular complexity index is 252. The third-order valence-corrected chi connectivity index (χ3v) is 2.97. The Balaban J connectivity index is 2.41. The van der Waals surface area contributed by atoms with Gasteiger partial charge in [-0.25, -0.2) is 0 Å². The van der Waals surface area contributed by atoms with Crippen LogP contribution in [0.15, 0.2) is 5.16 Å². The minimum Gasteiger partial charge on any atom is -0.456 e. The van der Waals surface area contributed by atoms with E-state index in [-0.39, 0.29) is 5.92 Å². The summed E-state index contributed by atoms with van der Waals surface area (Å²) in [5, 5.41) is 12.9. The van der Waals surface area contributed by atoms with E-state index in [4.69, 9.17) is 9.79 Å². The van der Waals surface area contributed by atoms with Crippen LogP contribution in [-0.4, -0.2) is 14.5 Å². The molecule has 0 amide bonds. The van der Waals surface area contributed by atoms with Crippen molar-refractivity contribution < 1.29 is 4.53 Å². The van der Waals surface area contributed by atoms with E-state index in [1.807, 2.05) is 6.21 Å². The molecule has 2 unspecified atom stereocenters. The topological polar surface area (TPSA) is 45.4 Å². The van der Waals surface area contributed by atoms with E-state index in [2.05, 4.69) is 30.9 Å². The number of hydrogen-bond donors (Lipinski definition) is 0. The van der Waals surface area contributed by atoms with Gasteiger partial charge in [0.1, 0.15) is 0 Å². The second kappa shape index (κ2) is 4.60. The summed E-state index contributed by atoms with van der Waals surface area (Å²) in [5.74, 6) is 0.473. The highest BCUT2D eigenvalue weighted by Crippen LogP contribution is 2.29. The zero-order valence-corrected chi connectivity index (χ0v) is 10.2. The summed E-state index contributed by atoms with van der Waals surface area (Å²) in [6, 6.07) is 2.33. The van der Waals surface area contributed by atoms with Crippen LogP contribution in [0.3, 0.4) is 0 Å². The van der Waals surface area contributed by atoms with Crippen molar-refractivity contribution in [3.8, 4) is 6.07 Å². The van der Waals surface area contributed by atoms with Gasteiger partial charge in [0.15, 0.2) is 0 Å². The largest absolute Gasteiger partial charge is 0.456 e. The van der Waals surface area contributed by atoms with Crippen molar-refractivity contribution >= 4 is 14.5 Å². The van der Waals surface area contributed by atoms with Crippen LogP contribution < -0.4 is 0 Å². The standard InChI is InChI=1S/C10H18N2OSi/c1-14(2,3)13-12-8-10-6-4-5-9(10)7-11/h8-10H,4-6H2,1-3H3/b12-8+. The van der Waals surface area contributed by atoms with Crippen LogP contribution in [0, 0.1) is 23.2 Å². The molecule has 0 aliphatic heterocycles. The molecule has 0 aromatic carbocycles. The fourth-order valence-corrected chi connectivity index (χ4v) is 1.97. The zero-order chi connectivity index (χ0) is 10.6. The van der Waals surface area contributed by atoms with Crippen molar-refractivity contribution in [2.75, 3.05) is 0 Å². The molecule has 1 aliphatic carbocycles. The van der Waals surface area contributed by atoms with Crippen LogP contribution >= 0.6 is 0 Å². The predicted octanol–water partition coefficient (Wildman–Crippen LogP) is 2.76. The number of oxime groups is 1. The van der Waals surface area contributed by atoms with Gasteiger partial charge in [0.2, 0.25) is 0 Å². The van der Waals surface area contributed by atoms with Crippen LogP contribution in [0.2, 0.25) is 19.6 Å². The summed E-state index contributed by atoms with van der Waals surface area (Å²) >= 11 is 0. The van der Waals surface area contributed by atoms with Crippen LogP contribution in [0.5, 0.6) is 0 Å². The second-order valence-electron chi connectivity index (χ2n) is 4.79. The lowest BCUT2D eigenvalue weighted by atomic mass is 9.99. The summed E-state index contributed by atoms with van der Waals surface area (Å²) in [4.78, 5) is 0. The molecule has 1 fully saturated rings. The molecule has 3 nitrogen and oxygen atoms in total. The molecule has 0 saturated heterocycles. The van der Waals surface area contributed by atoms with Gasteiger partial charge < -0.3 is 4.53 Å². The highest BCUT2D eigenvalue weighted by atomic mass is 28.4. The molecule has 4 heteroatoms. The minimum atomic E-state index is -1.54. The average Bonchev–Trinajstić information content (AvgIpc) is 2.49. The quantitative estimate of drug-likeness (QED) is 0.408. The van der Waals surface area contributed by atoms with E-state index < -0.39 is 8.32 Å². The Labute approximate surface area is 86.9 Å². The fraction of sp³-hybridized carbons (Fsp3) is 0.800. The van der Waals surface area contributed by atoms with Crippen molar-refractivity contribution in [2.24, 2.45) is 17.0 Å². The molecular weight excluding hydrogens is 192 g/mol. The third kappa shape index (κ3) is 3.50. The van der Waals surface area contributed by atoms with Crippen LogP contribution in [-0.2, 0) is 4.53 Å². The molecule has 0 N–H and O–H groups in total. The normalized spacial score (nSPS) is 27.9.